The number of sulfonamides is 1. The molecule has 2 rings (SSSR count). The summed E-state index contributed by atoms with van der Waals surface area (Å²) in [5.74, 6) is -0.949. The lowest BCUT2D eigenvalue weighted by molar-refractivity contribution is -0.140. The fourth-order valence-corrected chi connectivity index (χ4v) is 4.94. The molecule has 2 amide bonds. The molecule has 0 radical (unpaired) electrons. The number of anilines is 1. The Bertz CT molecular complexity index is 1120. The quantitative estimate of drug-likeness (QED) is 0.464. The summed E-state index contributed by atoms with van der Waals surface area (Å²) in [4.78, 5) is 27.9. The molecule has 0 aliphatic carbocycles. The minimum absolute atomic E-state index is 0.0749. The van der Waals surface area contributed by atoms with Crippen molar-refractivity contribution in [1.82, 2.24) is 10.2 Å². The van der Waals surface area contributed by atoms with Crippen molar-refractivity contribution in [2.75, 3.05) is 17.1 Å². The highest BCUT2D eigenvalue weighted by Crippen LogP contribution is 2.28. The summed E-state index contributed by atoms with van der Waals surface area (Å²) in [6.07, 6.45) is 1.29. The molecule has 0 unspecified atom stereocenters. The van der Waals surface area contributed by atoms with Gasteiger partial charge in [-0.1, -0.05) is 53.9 Å². The molecule has 0 aliphatic heterocycles. The van der Waals surface area contributed by atoms with Gasteiger partial charge in [0.1, 0.15) is 12.6 Å². The zero-order valence-corrected chi connectivity index (χ0v) is 22.5. The zero-order chi connectivity index (χ0) is 25.6. The van der Waals surface area contributed by atoms with Crippen molar-refractivity contribution in [3.05, 3.63) is 63.1 Å². The number of carbonyl (C=O) groups is 2. The molecule has 0 fully saturated rings. The van der Waals surface area contributed by atoms with Crippen LogP contribution < -0.4 is 9.62 Å². The van der Waals surface area contributed by atoms with E-state index in [0.29, 0.717) is 27.1 Å². The number of rotatable bonds is 10. The van der Waals surface area contributed by atoms with Gasteiger partial charge in [-0.25, -0.2) is 8.42 Å². The smallest absolute Gasteiger partial charge is 0.244 e. The summed E-state index contributed by atoms with van der Waals surface area (Å²) in [7, 11) is -3.85. The van der Waals surface area contributed by atoms with Gasteiger partial charge in [0.05, 0.1) is 11.9 Å². The lowest BCUT2D eigenvalue weighted by atomic mass is 10.1. The van der Waals surface area contributed by atoms with Gasteiger partial charge in [0, 0.05) is 33.2 Å². The third-order valence-electron chi connectivity index (χ3n) is 4.98. The number of amides is 2. The van der Waals surface area contributed by atoms with Gasteiger partial charge in [-0.2, -0.15) is 0 Å². The van der Waals surface area contributed by atoms with Crippen molar-refractivity contribution in [3.8, 4) is 0 Å². The van der Waals surface area contributed by atoms with Gasteiger partial charge in [-0.05, 0) is 50.6 Å². The van der Waals surface area contributed by atoms with Crippen molar-refractivity contribution in [3.63, 3.8) is 0 Å². The molecule has 2 aromatic rings. The van der Waals surface area contributed by atoms with Crippen molar-refractivity contribution in [1.29, 1.82) is 0 Å². The van der Waals surface area contributed by atoms with E-state index in [4.69, 9.17) is 34.8 Å². The van der Waals surface area contributed by atoms with Crippen LogP contribution in [-0.2, 0) is 26.2 Å². The average Bonchev–Trinajstić information content (AvgIpc) is 2.72. The highest BCUT2D eigenvalue weighted by Gasteiger charge is 2.32. The Balaban J connectivity index is 2.51. The van der Waals surface area contributed by atoms with Crippen LogP contribution in [-0.4, -0.2) is 50.0 Å². The number of hydrogen-bond donors (Lipinski definition) is 1. The third kappa shape index (κ3) is 7.50. The molecule has 1 atom stereocenters. The largest absolute Gasteiger partial charge is 0.352 e. The maximum atomic E-state index is 13.6. The molecule has 11 heteroatoms. The van der Waals surface area contributed by atoms with Crippen molar-refractivity contribution in [2.24, 2.45) is 0 Å². The van der Waals surface area contributed by atoms with Crippen molar-refractivity contribution in [2.45, 2.75) is 45.8 Å². The van der Waals surface area contributed by atoms with E-state index < -0.39 is 28.5 Å². The lowest BCUT2D eigenvalue weighted by Crippen LogP contribution is -2.53. The number of carbonyl (C=O) groups excluding carboxylic acids is 2. The Hall–Kier alpha value is -2.00. The molecular weight excluding hydrogens is 521 g/mol. The van der Waals surface area contributed by atoms with E-state index in [-0.39, 0.29) is 24.2 Å². The van der Waals surface area contributed by atoms with E-state index >= 15 is 0 Å². The lowest BCUT2D eigenvalue weighted by Gasteiger charge is -2.33. The molecule has 186 valence electrons. The van der Waals surface area contributed by atoms with Gasteiger partial charge in [0.15, 0.2) is 0 Å². The van der Waals surface area contributed by atoms with Crippen LogP contribution in [0.25, 0.3) is 0 Å². The number of hydrogen-bond acceptors (Lipinski definition) is 4. The second-order valence-electron chi connectivity index (χ2n) is 8.06. The molecule has 2 aromatic carbocycles. The molecular formula is C23H28Cl3N3O4S. The normalized spacial score (nSPS) is 12.4. The van der Waals surface area contributed by atoms with Crippen LogP contribution in [0.1, 0.15) is 32.8 Å². The first-order valence-electron chi connectivity index (χ1n) is 10.6. The fraction of sp³-hybridized carbons (Fsp3) is 0.391. The molecule has 0 bridgehead atoms. The summed E-state index contributed by atoms with van der Waals surface area (Å²) in [6.45, 7) is 4.78. The van der Waals surface area contributed by atoms with Gasteiger partial charge in [0.25, 0.3) is 0 Å². The first-order chi connectivity index (χ1) is 15.8. The van der Waals surface area contributed by atoms with E-state index in [2.05, 4.69) is 5.32 Å². The van der Waals surface area contributed by atoms with E-state index in [9.17, 15) is 18.0 Å². The molecule has 0 saturated carbocycles. The molecule has 7 nitrogen and oxygen atoms in total. The average molecular weight is 549 g/mol. The minimum atomic E-state index is -3.85. The monoisotopic (exact) mass is 547 g/mol. The minimum Gasteiger partial charge on any atom is -0.352 e. The van der Waals surface area contributed by atoms with E-state index in [1.54, 1.807) is 37.3 Å². The number of benzene rings is 2. The maximum absolute atomic E-state index is 13.6. The standard InChI is InChI=1S/C23H28Cl3N3O4S/c1-5-21(23(31)27-15(2)3)28(13-18-19(25)10-7-11-20(18)26)22(30)14-29(34(4,32)33)17-9-6-8-16(24)12-17/h6-12,15,21H,5,13-14H2,1-4H3,(H,27,31)/t21-/m1/s1. The fourth-order valence-electron chi connectivity index (χ4n) is 3.40. The van der Waals surface area contributed by atoms with Gasteiger partial charge in [-0.15, -0.1) is 0 Å². The van der Waals surface area contributed by atoms with Crippen molar-refractivity contribution < 1.29 is 18.0 Å². The molecule has 0 aromatic heterocycles. The third-order valence-corrected chi connectivity index (χ3v) is 7.07. The number of nitrogens with zero attached hydrogens (tertiary/aromatic N) is 2. The van der Waals surface area contributed by atoms with E-state index in [1.165, 1.54) is 17.0 Å². The second kappa shape index (κ2) is 12.1. The van der Waals surface area contributed by atoms with E-state index in [0.717, 1.165) is 10.6 Å². The second-order valence-corrected chi connectivity index (χ2v) is 11.2. The van der Waals surface area contributed by atoms with Gasteiger partial charge >= 0.3 is 0 Å². The first-order valence-corrected chi connectivity index (χ1v) is 13.6. The van der Waals surface area contributed by atoms with Crippen LogP contribution in [0.2, 0.25) is 15.1 Å². The van der Waals surface area contributed by atoms with Gasteiger partial charge in [-0.3, -0.25) is 13.9 Å². The molecule has 0 spiro atoms. The Morgan fingerprint density at radius 1 is 1.03 bits per heavy atom. The van der Waals surface area contributed by atoms with Crippen LogP contribution in [0.5, 0.6) is 0 Å². The highest BCUT2D eigenvalue weighted by molar-refractivity contribution is 7.92. The molecule has 0 aliphatic rings. The van der Waals surface area contributed by atoms with E-state index in [1.807, 2.05) is 13.8 Å². The Labute approximate surface area is 216 Å². The summed E-state index contributed by atoms with van der Waals surface area (Å²) < 4.78 is 26.1. The Morgan fingerprint density at radius 3 is 2.12 bits per heavy atom. The van der Waals surface area contributed by atoms with Crippen LogP contribution in [0, 0.1) is 0 Å². The molecule has 34 heavy (non-hydrogen) atoms. The Kier molecular flexibility index (Phi) is 10.1. The molecule has 0 saturated heterocycles. The molecule has 0 heterocycles. The Morgan fingerprint density at radius 2 is 1.62 bits per heavy atom. The van der Waals surface area contributed by atoms with Gasteiger partial charge in [0.2, 0.25) is 21.8 Å². The first kappa shape index (κ1) is 28.2. The summed E-state index contributed by atoms with van der Waals surface area (Å²) >= 11 is 18.7. The maximum Gasteiger partial charge on any atom is 0.244 e. The number of halogens is 3. The van der Waals surface area contributed by atoms with Crippen LogP contribution in [0.15, 0.2) is 42.5 Å². The predicted molar refractivity (Wildman–Crippen MR) is 138 cm³/mol. The summed E-state index contributed by atoms with van der Waals surface area (Å²) in [5.41, 5.74) is 0.697. The van der Waals surface area contributed by atoms with Gasteiger partial charge < -0.3 is 10.2 Å². The highest BCUT2D eigenvalue weighted by atomic mass is 35.5. The topological polar surface area (TPSA) is 86.8 Å². The summed E-state index contributed by atoms with van der Waals surface area (Å²) in [5, 5.41) is 3.80. The van der Waals surface area contributed by atoms with Crippen LogP contribution in [0.4, 0.5) is 5.69 Å². The SMILES string of the molecule is CC[C@H](C(=O)NC(C)C)N(Cc1c(Cl)cccc1Cl)C(=O)CN(c1cccc(Cl)c1)S(C)(=O)=O. The number of nitrogens with one attached hydrogen (secondary N) is 1. The predicted octanol–water partition coefficient (Wildman–Crippen LogP) is 4.74. The van der Waals surface area contributed by atoms with Crippen LogP contribution >= 0.6 is 34.8 Å². The van der Waals surface area contributed by atoms with Crippen LogP contribution in [0.3, 0.4) is 0 Å². The summed E-state index contributed by atoms with van der Waals surface area (Å²) in [6, 6.07) is 10.1. The van der Waals surface area contributed by atoms with Crippen molar-refractivity contribution >= 4 is 62.3 Å². The zero-order valence-electron chi connectivity index (χ0n) is 19.4. The molecule has 1 N–H and O–H groups in total.